The van der Waals surface area contributed by atoms with Gasteiger partial charge in [-0.1, -0.05) is 57.2 Å². The van der Waals surface area contributed by atoms with Crippen LogP contribution in [-0.2, 0) is 0 Å². The van der Waals surface area contributed by atoms with Crippen molar-refractivity contribution < 1.29 is 14.3 Å². The average Bonchev–Trinajstić information content (AvgIpc) is 2.84. The molecule has 6 nitrogen and oxygen atoms in total. The molecule has 160 valence electrons. The standard InChI is InChI=1S/C15H17N3O2.C7H8O.C2H6/c1-3-7-16-14-9-13(17-15(18-14)20-2)12-6-4-5-11(8-12)10-19;1-8-7-5-3-2-4-6-7;1-2/h4-6,8-10H,3,7H2,1-2H3,(H,16,17,18);2-6H,1H3;1-2H3. The molecular formula is C24H31N3O3. The van der Waals surface area contributed by atoms with Gasteiger partial charge in [-0.15, -0.1) is 0 Å². The van der Waals surface area contributed by atoms with Gasteiger partial charge in [0.05, 0.1) is 19.9 Å². The van der Waals surface area contributed by atoms with Crippen LogP contribution in [0.4, 0.5) is 5.82 Å². The Morgan fingerprint density at radius 3 is 2.23 bits per heavy atom. The highest BCUT2D eigenvalue weighted by molar-refractivity contribution is 5.78. The van der Waals surface area contributed by atoms with Crippen molar-refractivity contribution in [2.24, 2.45) is 0 Å². The topological polar surface area (TPSA) is 73.3 Å². The molecule has 0 aliphatic carbocycles. The lowest BCUT2D eigenvalue weighted by molar-refractivity contribution is 0.112. The van der Waals surface area contributed by atoms with Crippen LogP contribution in [0.1, 0.15) is 37.6 Å². The lowest BCUT2D eigenvalue weighted by Crippen LogP contribution is -2.04. The number of nitrogens with one attached hydrogen (secondary N) is 1. The lowest BCUT2D eigenvalue weighted by atomic mass is 10.1. The van der Waals surface area contributed by atoms with E-state index in [1.165, 1.54) is 7.11 Å². The molecule has 0 radical (unpaired) electrons. The number of anilines is 1. The SMILES string of the molecule is CC.CCCNc1cc(-c2cccc(C=O)c2)nc(OC)n1.COc1ccccc1. The van der Waals surface area contributed by atoms with E-state index in [0.717, 1.165) is 36.3 Å². The van der Waals surface area contributed by atoms with E-state index in [1.807, 2.05) is 62.4 Å². The maximum Gasteiger partial charge on any atom is 0.318 e. The fourth-order valence-corrected chi connectivity index (χ4v) is 2.34. The summed E-state index contributed by atoms with van der Waals surface area (Å²) in [5, 5.41) is 3.21. The van der Waals surface area contributed by atoms with Crippen molar-refractivity contribution in [1.82, 2.24) is 9.97 Å². The maximum absolute atomic E-state index is 10.9. The van der Waals surface area contributed by atoms with Gasteiger partial charge in [0.15, 0.2) is 0 Å². The average molecular weight is 410 g/mol. The van der Waals surface area contributed by atoms with Gasteiger partial charge in [0, 0.05) is 23.7 Å². The van der Waals surface area contributed by atoms with Crippen molar-refractivity contribution in [3.05, 3.63) is 66.2 Å². The molecule has 1 N–H and O–H groups in total. The van der Waals surface area contributed by atoms with Crippen LogP contribution < -0.4 is 14.8 Å². The van der Waals surface area contributed by atoms with Crippen LogP contribution in [0.15, 0.2) is 60.7 Å². The first-order valence-corrected chi connectivity index (χ1v) is 10.0. The summed E-state index contributed by atoms with van der Waals surface area (Å²) in [5.74, 6) is 1.62. The maximum atomic E-state index is 10.9. The highest BCUT2D eigenvalue weighted by atomic mass is 16.5. The Morgan fingerprint density at radius 2 is 1.67 bits per heavy atom. The van der Waals surface area contributed by atoms with Gasteiger partial charge in [0.1, 0.15) is 17.9 Å². The molecule has 0 atom stereocenters. The summed E-state index contributed by atoms with van der Waals surface area (Å²) >= 11 is 0. The number of ether oxygens (including phenoxy) is 2. The highest BCUT2D eigenvalue weighted by Gasteiger charge is 2.07. The van der Waals surface area contributed by atoms with Crippen LogP contribution >= 0.6 is 0 Å². The van der Waals surface area contributed by atoms with Crippen molar-refractivity contribution in [3.63, 3.8) is 0 Å². The molecule has 0 aliphatic rings. The molecule has 0 amide bonds. The molecule has 1 aromatic heterocycles. The number of carbonyl (C=O) groups is 1. The minimum Gasteiger partial charge on any atom is -0.497 e. The summed E-state index contributed by atoms with van der Waals surface area (Å²) in [5.41, 5.74) is 2.19. The van der Waals surface area contributed by atoms with Gasteiger partial charge in [-0.2, -0.15) is 9.97 Å². The number of methoxy groups -OCH3 is 2. The van der Waals surface area contributed by atoms with Gasteiger partial charge < -0.3 is 14.8 Å². The summed E-state index contributed by atoms with van der Waals surface area (Å²) in [4.78, 5) is 19.4. The van der Waals surface area contributed by atoms with Crippen molar-refractivity contribution in [3.8, 4) is 23.0 Å². The zero-order valence-electron chi connectivity index (χ0n) is 18.4. The van der Waals surface area contributed by atoms with E-state index in [1.54, 1.807) is 19.2 Å². The van der Waals surface area contributed by atoms with Gasteiger partial charge in [0.25, 0.3) is 0 Å². The fraction of sp³-hybridized carbons (Fsp3) is 0.292. The van der Waals surface area contributed by atoms with E-state index >= 15 is 0 Å². The van der Waals surface area contributed by atoms with E-state index in [2.05, 4.69) is 22.2 Å². The Bertz CT molecular complexity index is 871. The first kappa shape index (κ1) is 24.6. The summed E-state index contributed by atoms with van der Waals surface area (Å²) in [6.45, 7) is 6.91. The molecule has 3 rings (SSSR count). The summed E-state index contributed by atoms with van der Waals surface area (Å²) in [6.07, 6.45) is 1.82. The van der Waals surface area contributed by atoms with Gasteiger partial charge in [0.2, 0.25) is 0 Å². The van der Waals surface area contributed by atoms with Crippen LogP contribution in [-0.4, -0.2) is 37.0 Å². The van der Waals surface area contributed by atoms with Crippen LogP contribution in [0.5, 0.6) is 11.8 Å². The van der Waals surface area contributed by atoms with Crippen molar-refractivity contribution >= 4 is 12.1 Å². The first-order chi connectivity index (χ1) is 14.7. The number of para-hydroxylation sites is 1. The van der Waals surface area contributed by atoms with E-state index in [4.69, 9.17) is 9.47 Å². The normalized spacial score (nSPS) is 9.23. The molecule has 0 saturated heterocycles. The minimum absolute atomic E-state index is 0.303. The Kier molecular flexibility index (Phi) is 12.0. The molecule has 0 spiro atoms. The molecule has 0 fully saturated rings. The second kappa shape index (κ2) is 14.6. The smallest absolute Gasteiger partial charge is 0.318 e. The fourth-order valence-electron chi connectivity index (χ4n) is 2.34. The van der Waals surface area contributed by atoms with Crippen LogP contribution in [0.25, 0.3) is 11.3 Å². The predicted molar refractivity (Wildman–Crippen MR) is 123 cm³/mol. The van der Waals surface area contributed by atoms with Crippen LogP contribution in [0.3, 0.4) is 0 Å². The summed E-state index contributed by atoms with van der Waals surface area (Å²) < 4.78 is 10.0. The van der Waals surface area contributed by atoms with E-state index in [-0.39, 0.29) is 0 Å². The monoisotopic (exact) mass is 409 g/mol. The molecule has 1 heterocycles. The summed E-state index contributed by atoms with van der Waals surface area (Å²) in [6, 6.07) is 19.1. The number of benzene rings is 2. The van der Waals surface area contributed by atoms with Crippen LogP contribution in [0, 0.1) is 0 Å². The zero-order chi connectivity index (χ0) is 22.2. The van der Waals surface area contributed by atoms with E-state index in [9.17, 15) is 4.79 Å². The molecule has 2 aromatic carbocycles. The molecule has 0 bridgehead atoms. The van der Waals surface area contributed by atoms with Crippen molar-refractivity contribution in [2.75, 3.05) is 26.1 Å². The van der Waals surface area contributed by atoms with Gasteiger partial charge in [-0.05, 0) is 24.6 Å². The number of aromatic nitrogens is 2. The number of aldehydes is 1. The third-order valence-electron chi connectivity index (χ3n) is 3.74. The third-order valence-corrected chi connectivity index (χ3v) is 3.74. The molecule has 0 aliphatic heterocycles. The predicted octanol–water partition coefficient (Wildman–Crippen LogP) is 5.51. The Hall–Kier alpha value is -3.41. The minimum atomic E-state index is 0.303. The molecule has 0 saturated carbocycles. The largest absolute Gasteiger partial charge is 0.497 e. The van der Waals surface area contributed by atoms with Gasteiger partial charge in [-0.25, -0.2) is 0 Å². The molecular weight excluding hydrogens is 378 g/mol. The van der Waals surface area contributed by atoms with E-state index in [0.29, 0.717) is 17.4 Å². The van der Waals surface area contributed by atoms with Crippen molar-refractivity contribution in [1.29, 1.82) is 0 Å². The number of hydrogen-bond donors (Lipinski definition) is 1. The number of hydrogen-bond acceptors (Lipinski definition) is 6. The van der Waals surface area contributed by atoms with Gasteiger partial charge in [-0.3, -0.25) is 4.79 Å². The second-order valence-electron chi connectivity index (χ2n) is 5.81. The molecule has 30 heavy (non-hydrogen) atoms. The Labute approximate surface area is 179 Å². The van der Waals surface area contributed by atoms with E-state index < -0.39 is 0 Å². The molecule has 0 unspecified atom stereocenters. The van der Waals surface area contributed by atoms with Gasteiger partial charge >= 0.3 is 6.01 Å². The number of rotatable bonds is 7. The Balaban J connectivity index is 0.000000375. The molecule has 3 aromatic rings. The third kappa shape index (κ3) is 8.31. The molecule has 6 heteroatoms. The summed E-state index contributed by atoms with van der Waals surface area (Å²) in [7, 11) is 3.19. The van der Waals surface area contributed by atoms with Crippen molar-refractivity contribution in [2.45, 2.75) is 27.2 Å². The second-order valence-corrected chi connectivity index (χ2v) is 5.81. The number of nitrogens with zero attached hydrogens (tertiary/aromatic N) is 2. The quantitative estimate of drug-likeness (QED) is 0.519. The lowest BCUT2D eigenvalue weighted by Gasteiger charge is -2.09. The number of carbonyl (C=O) groups excluding carboxylic acids is 1. The first-order valence-electron chi connectivity index (χ1n) is 10.0. The van der Waals surface area contributed by atoms with Crippen LogP contribution in [0.2, 0.25) is 0 Å². The zero-order valence-corrected chi connectivity index (χ0v) is 18.4. The Morgan fingerprint density at radius 1 is 0.933 bits per heavy atom. The highest BCUT2D eigenvalue weighted by Crippen LogP contribution is 2.22.